The topological polar surface area (TPSA) is 55.8 Å². The monoisotopic (exact) mass is 228 g/mol. The fourth-order valence-corrected chi connectivity index (χ4v) is 1.82. The van der Waals surface area contributed by atoms with E-state index in [1.807, 2.05) is 0 Å². The number of hydrogen-bond donors (Lipinski definition) is 1. The molecular weight excluding hydrogens is 220 g/mol. The average Bonchev–Trinajstić information content (AvgIpc) is 2.52. The molecule has 15 heavy (non-hydrogen) atoms. The summed E-state index contributed by atoms with van der Waals surface area (Å²) in [6.07, 6.45) is 0. The van der Waals surface area contributed by atoms with Crippen LogP contribution in [0.4, 0.5) is 0 Å². The van der Waals surface area contributed by atoms with E-state index < -0.39 is 17.1 Å². The van der Waals surface area contributed by atoms with Gasteiger partial charge in [-0.1, -0.05) is 18.2 Å². The lowest BCUT2D eigenvalue weighted by molar-refractivity contribution is -0.193. The Bertz CT molecular complexity index is 406. The van der Waals surface area contributed by atoms with Gasteiger partial charge in [0.2, 0.25) is 0 Å². The van der Waals surface area contributed by atoms with Gasteiger partial charge >= 0.3 is 11.8 Å². The highest BCUT2D eigenvalue weighted by molar-refractivity contribution is 6.23. The summed E-state index contributed by atoms with van der Waals surface area (Å²) in [6, 6.07) is 6.80. The number of aliphatic hydroxyl groups is 1. The Hall–Kier alpha value is -1.26. The highest BCUT2D eigenvalue weighted by atomic mass is 35.5. The Morgan fingerprint density at radius 1 is 1.60 bits per heavy atom. The molecule has 2 unspecified atom stereocenters. The van der Waals surface area contributed by atoms with Crippen molar-refractivity contribution in [3.05, 3.63) is 29.8 Å². The normalized spacial score (nSPS) is 28.1. The molecule has 0 saturated carbocycles. The minimum absolute atomic E-state index is 0.394. The van der Waals surface area contributed by atoms with Crippen LogP contribution in [0.5, 0.6) is 5.75 Å². The van der Waals surface area contributed by atoms with Gasteiger partial charge in [-0.15, -0.1) is 11.6 Å². The molecule has 5 heteroatoms. The van der Waals surface area contributed by atoms with E-state index in [-0.39, 0.29) is 0 Å². The number of esters is 1. The summed E-state index contributed by atoms with van der Waals surface area (Å²) in [5.74, 6) is -2.64. The molecule has 1 aromatic rings. The van der Waals surface area contributed by atoms with Gasteiger partial charge in [-0.25, -0.2) is 4.79 Å². The third-order valence-electron chi connectivity index (χ3n) is 2.28. The second-order valence-electron chi connectivity index (χ2n) is 3.19. The molecule has 0 saturated heterocycles. The number of halogens is 1. The van der Waals surface area contributed by atoms with Crippen LogP contribution in [0, 0.1) is 0 Å². The lowest BCUT2D eigenvalue weighted by Crippen LogP contribution is -2.45. The number of ether oxygens (including phenoxy) is 2. The molecule has 2 atom stereocenters. The molecule has 1 heterocycles. The summed E-state index contributed by atoms with van der Waals surface area (Å²) in [4.78, 5) is 11.3. The maximum Gasteiger partial charge on any atom is 0.381 e. The van der Waals surface area contributed by atoms with E-state index in [1.54, 1.807) is 24.3 Å². The van der Waals surface area contributed by atoms with E-state index in [2.05, 4.69) is 4.74 Å². The van der Waals surface area contributed by atoms with Crippen molar-refractivity contribution >= 4 is 17.6 Å². The van der Waals surface area contributed by atoms with Crippen molar-refractivity contribution in [2.75, 3.05) is 7.11 Å². The molecule has 80 valence electrons. The molecule has 0 amide bonds. The Morgan fingerprint density at radius 2 is 2.27 bits per heavy atom. The first-order chi connectivity index (χ1) is 7.09. The zero-order valence-corrected chi connectivity index (χ0v) is 8.69. The van der Waals surface area contributed by atoms with Gasteiger partial charge in [0.1, 0.15) is 11.1 Å². The zero-order valence-electron chi connectivity index (χ0n) is 7.94. The Labute approximate surface area is 91.4 Å². The van der Waals surface area contributed by atoms with Crippen molar-refractivity contribution in [2.45, 2.75) is 11.2 Å². The minimum Gasteiger partial charge on any atom is -0.464 e. The summed E-state index contributed by atoms with van der Waals surface area (Å²) >= 11 is 5.95. The van der Waals surface area contributed by atoms with Crippen LogP contribution < -0.4 is 4.74 Å². The standard InChI is InChI=1S/C10H9ClO4/c1-14-9(12)10(13)8(11)6-4-2-3-5-7(6)15-10/h2-5,8,13H,1H3. The van der Waals surface area contributed by atoms with Crippen molar-refractivity contribution in [2.24, 2.45) is 0 Å². The summed E-state index contributed by atoms with van der Waals surface area (Å²) in [5.41, 5.74) is 0.576. The molecule has 4 nitrogen and oxygen atoms in total. The number of benzene rings is 1. The maximum atomic E-state index is 11.3. The average molecular weight is 229 g/mol. The van der Waals surface area contributed by atoms with Gasteiger partial charge in [0.05, 0.1) is 7.11 Å². The predicted molar refractivity (Wildman–Crippen MR) is 52.6 cm³/mol. The van der Waals surface area contributed by atoms with Gasteiger partial charge in [0.15, 0.2) is 0 Å². The smallest absolute Gasteiger partial charge is 0.381 e. The number of para-hydroxylation sites is 1. The van der Waals surface area contributed by atoms with Crippen molar-refractivity contribution < 1.29 is 19.4 Å². The second-order valence-corrected chi connectivity index (χ2v) is 3.63. The first-order valence-corrected chi connectivity index (χ1v) is 4.76. The summed E-state index contributed by atoms with van der Waals surface area (Å²) in [6.45, 7) is 0. The Kier molecular flexibility index (Phi) is 2.32. The maximum absolute atomic E-state index is 11.3. The predicted octanol–water partition coefficient (Wildman–Crippen LogP) is 1.22. The van der Waals surface area contributed by atoms with Crippen LogP contribution in [-0.2, 0) is 9.53 Å². The first-order valence-electron chi connectivity index (χ1n) is 4.32. The Balaban J connectivity index is 2.42. The summed E-state index contributed by atoms with van der Waals surface area (Å²) < 4.78 is 9.55. The van der Waals surface area contributed by atoms with E-state index in [1.165, 1.54) is 0 Å². The van der Waals surface area contributed by atoms with Crippen LogP contribution in [0.15, 0.2) is 24.3 Å². The molecule has 0 spiro atoms. The van der Waals surface area contributed by atoms with E-state index in [0.717, 1.165) is 7.11 Å². The van der Waals surface area contributed by atoms with Crippen molar-refractivity contribution in [1.29, 1.82) is 0 Å². The number of hydrogen-bond acceptors (Lipinski definition) is 4. The van der Waals surface area contributed by atoms with Gasteiger partial charge in [0.25, 0.3) is 0 Å². The molecule has 0 aliphatic carbocycles. The second kappa shape index (κ2) is 3.40. The van der Waals surface area contributed by atoms with Gasteiger partial charge in [-0.05, 0) is 6.07 Å². The minimum atomic E-state index is -2.13. The van der Waals surface area contributed by atoms with Gasteiger partial charge < -0.3 is 14.6 Å². The largest absolute Gasteiger partial charge is 0.464 e. The number of fused-ring (bicyclic) bond motifs is 1. The highest BCUT2D eigenvalue weighted by Crippen LogP contribution is 2.46. The van der Waals surface area contributed by atoms with Gasteiger partial charge in [0, 0.05) is 5.56 Å². The fraction of sp³-hybridized carbons (Fsp3) is 0.300. The molecule has 0 aromatic heterocycles. The first kappa shape index (κ1) is 10.3. The molecule has 2 rings (SSSR count). The molecule has 1 aromatic carbocycles. The molecule has 0 fully saturated rings. The van der Waals surface area contributed by atoms with E-state index in [9.17, 15) is 9.90 Å². The van der Waals surface area contributed by atoms with Crippen molar-refractivity contribution in [1.82, 2.24) is 0 Å². The van der Waals surface area contributed by atoms with Crippen LogP contribution in [0.3, 0.4) is 0 Å². The molecule has 1 aliphatic rings. The van der Waals surface area contributed by atoms with E-state index >= 15 is 0 Å². The third kappa shape index (κ3) is 1.37. The highest BCUT2D eigenvalue weighted by Gasteiger charge is 2.53. The quantitative estimate of drug-likeness (QED) is 0.580. The number of methoxy groups -OCH3 is 1. The molecule has 1 aliphatic heterocycles. The lowest BCUT2D eigenvalue weighted by atomic mass is 10.1. The van der Waals surface area contributed by atoms with Crippen LogP contribution in [0.25, 0.3) is 0 Å². The SMILES string of the molecule is COC(=O)C1(O)Oc2ccccc2C1Cl. The zero-order chi connectivity index (χ0) is 11.1. The lowest BCUT2D eigenvalue weighted by Gasteiger charge is -2.21. The number of carbonyl (C=O) groups is 1. The molecule has 1 N–H and O–H groups in total. The van der Waals surface area contributed by atoms with Gasteiger partial charge in [-0.2, -0.15) is 0 Å². The summed E-state index contributed by atoms with van der Waals surface area (Å²) in [7, 11) is 1.16. The Morgan fingerprint density at radius 3 is 2.87 bits per heavy atom. The van der Waals surface area contributed by atoms with Crippen LogP contribution in [0.2, 0.25) is 0 Å². The fourth-order valence-electron chi connectivity index (χ4n) is 1.50. The number of alkyl halides is 1. The third-order valence-corrected chi connectivity index (χ3v) is 2.81. The van der Waals surface area contributed by atoms with Gasteiger partial charge in [-0.3, -0.25) is 0 Å². The molecule has 0 radical (unpaired) electrons. The molecular formula is C10H9ClO4. The van der Waals surface area contributed by atoms with E-state index in [0.29, 0.717) is 11.3 Å². The number of rotatable bonds is 1. The van der Waals surface area contributed by atoms with Crippen LogP contribution >= 0.6 is 11.6 Å². The number of carbonyl (C=O) groups excluding carboxylic acids is 1. The summed E-state index contributed by atoms with van der Waals surface area (Å²) in [5, 5.41) is 8.96. The van der Waals surface area contributed by atoms with Crippen molar-refractivity contribution in [3.63, 3.8) is 0 Å². The van der Waals surface area contributed by atoms with Crippen molar-refractivity contribution in [3.8, 4) is 5.75 Å². The van der Waals surface area contributed by atoms with E-state index in [4.69, 9.17) is 16.3 Å². The molecule has 0 bridgehead atoms. The van der Waals surface area contributed by atoms with Crippen LogP contribution in [0.1, 0.15) is 10.9 Å². The van der Waals surface area contributed by atoms with Crippen LogP contribution in [-0.4, -0.2) is 24.0 Å².